The van der Waals surface area contributed by atoms with E-state index in [1.165, 1.54) is 0 Å². The van der Waals surface area contributed by atoms with Gasteiger partial charge in [-0.05, 0) is 24.1 Å². The molecule has 1 aromatic heterocycles. The van der Waals surface area contributed by atoms with E-state index >= 15 is 0 Å². The molecule has 2 aromatic rings. The van der Waals surface area contributed by atoms with Gasteiger partial charge < -0.3 is 15.2 Å². The van der Waals surface area contributed by atoms with Gasteiger partial charge in [0.25, 0.3) is 0 Å². The molecule has 0 radical (unpaired) electrons. The minimum absolute atomic E-state index is 0.312. The monoisotopic (exact) mass is 273 g/mol. The molecule has 0 saturated heterocycles. The molecular formula is C15H19N3O2. The van der Waals surface area contributed by atoms with Gasteiger partial charge in [-0.3, -0.25) is 4.68 Å². The number of nitrogens with zero attached hydrogens (tertiary/aromatic N) is 2. The number of nitrogens with two attached hydrogens (primary N) is 1. The van der Waals surface area contributed by atoms with Gasteiger partial charge in [-0.2, -0.15) is 5.10 Å². The first-order valence-electron chi connectivity index (χ1n) is 6.80. The molecule has 5 nitrogen and oxygen atoms in total. The minimum Gasteiger partial charge on any atom is -0.486 e. The van der Waals surface area contributed by atoms with E-state index in [0.717, 1.165) is 28.3 Å². The smallest absolute Gasteiger partial charge is 0.162 e. The minimum atomic E-state index is 0.312. The van der Waals surface area contributed by atoms with Gasteiger partial charge in [0.15, 0.2) is 11.5 Å². The number of aryl methyl sites for hydroxylation is 1. The lowest BCUT2D eigenvalue weighted by Gasteiger charge is -2.19. The molecule has 0 saturated carbocycles. The van der Waals surface area contributed by atoms with Crippen LogP contribution in [-0.2, 0) is 7.05 Å². The van der Waals surface area contributed by atoms with Crippen molar-refractivity contribution in [1.29, 1.82) is 0 Å². The Morgan fingerprint density at radius 1 is 1.20 bits per heavy atom. The molecule has 0 amide bonds. The van der Waals surface area contributed by atoms with Crippen molar-refractivity contribution in [1.82, 2.24) is 9.78 Å². The van der Waals surface area contributed by atoms with Gasteiger partial charge in [0.1, 0.15) is 19.0 Å². The summed E-state index contributed by atoms with van der Waals surface area (Å²) in [5.74, 6) is 2.58. The van der Waals surface area contributed by atoms with Crippen LogP contribution in [0.4, 0.5) is 5.82 Å². The van der Waals surface area contributed by atoms with Crippen LogP contribution in [0.15, 0.2) is 18.2 Å². The van der Waals surface area contributed by atoms with Crippen LogP contribution in [0, 0.1) is 0 Å². The molecule has 1 aromatic carbocycles. The quantitative estimate of drug-likeness (QED) is 0.913. The van der Waals surface area contributed by atoms with Crippen LogP contribution in [-0.4, -0.2) is 23.0 Å². The summed E-state index contributed by atoms with van der Waals surface area (Å²) in [6.45, 7) is 5.42. The molecule has 106 valence electrons. The largest absolute Gasteiger partial charge is 0.486 e. The fourth-order valence-corrected chi connectivity index (χ4v) is 2.53. The van der Waals surface area contributed by atoms with Crippen molar-refractivity contribution >= 4 is 5.82 Å². The van der Waals surface area contributed by atoms with Gasteiger partial charge in [0.05, 0.1) is 5.69 Å². The van der Waals surface area contributed by atoms with Gasteiger partial charge >= 0.3 is 0 Å². The molecule has 2 N–H and O–H groups in total. The maximum atomic E-state index is 6.12. The van der Waals surface area contributed by atoms with Crippen molar-refractivity contribution in [3.63, 3.8) is 0 Å². The predicted molar refractivity (Wildman–Crippen MR) is 78.1 cm³/mol. The summed E-state index contributed by atoms with van der Waals surface area (Å²) in [5, 5.41) is 4.55. The van der Waals surface area contributed by atoms with E-state index in [9.17, 15) is 0 Å². The van der Waals surface area contributed by atoms with Crippen LogP contribution in [0.25, 0.3) is 11.3 Å². The Morgan fingerprint density at radius 2 is 1.90 bits per heavy atom. The van der Waals surface area contributed by atoms with E-state index in [2.05, 4.69) is 18.9 Å². The molecule has 0 fully saturated rings. The molecule has 2 heterocycles. The first-order chi connectivity index (χ1) is 9.58. The Hall–Kier alpha value is -2.17. The van der Waals surface area contributed by atoms with Crippen molar-refractivity contribution < 1.29 is 9.47 Å². The summed E-state index contributed by atoms with van der Waals surface area (Å²) >= 11 is 0. The second kappa shape index (κ2) is 4.74. The van der Waals surface area contributed by atoms with Crippen molar-refractivity contribution in [3.8, 4) is 22.8 Å². The molecule has 0 bridgehead atoms. The molecule has 1 aliphatic rings. The third kappa shape index (κ3) is 1.99. The Balaban J connectivity index is 2.11. The lowest BCUT2D eigenvalue weighted by Crippen LogP contribution is -2.15. The molecule has 0 unspecified atom stereocenters. The Kier molecular flexibility index (Phi) is 3.04. The first kappa shape index (κ1) is 12.8. The van der Waals surface area contributed by atoms with Gasteiger partial charge in [-0.1, -0.05) is 13.8 Å². The molecule has 3 rings (SSSR count). The molecule has 5 heteroatoms. The number of aromatic nitrogens is 2. The highest BCUT2D eigenvalue weighted by molar-refractivity contribution is 5.71. The van der Waals surface area contributed by atoms with E-state index in [4.69, 9.17) is 15.2 Å². The van der Waals surface area contributed by atoms with Gasteiger partial charge in [0.2, 0.25) is 0 Å². The van der Waals surface area contributed by atoms with Crippen LogP contribution in [0.5, 0.6) is 11.5 Å². The maximum Gasteiger partial charge on any atom is 0.162 e. The van der Waals surface area contributed by atoms with E-state index in [-0.39, 0.29) is 0 Å². The number of ether oxygens (including phenoxy) is 2. The Bertz CT molecular complexity index is 647. The highest BCUT2D eigenvalue weighted by atomic mass is 16.6. The first-order valence-corrected chi connectivity index (χ1v) is 6.80. The standard InChI is InChI=1S/C15H19N3O2/c1-9(2)13-14(17-18(3)15(13)16)10-4-5-11-12(8-10)20-7-6-19-11/h4-5,8-9H,6-7,16H2,1-3H3. The molecule has 0 spiro atoms. The summed E-state index contributed by atoms with van der Waals surface area (Å²) < 4.78 is 12.9. The van der Waals surface area contributed by atoms with Crippen LogP contribution in [0.2, 0.25) is 0 Å². The fourth-order valence-electron chi connectivity index (χ4n) is 2.53. The Labute approximate surface area is 118 Å². The Morgan fingerprint density at radius 3 is 2.60 bits per heavy atom. The van der Waals surface area contributed by atoms with Crippen LogP contribution in [0.1, 0.15) is 25.3 Å². The average molecular weight is 273 g/mol. The second-order valence-electron chi connectivity index (χ2n) is 5.28. The van der Waals surface area contributed by atoms with Gasteiger partial charge in [-0.25, -0.2) is 0 Å². The zero-order valence-electron chi connectivity index (χ0n) is 12.0. The fraction of sp³-hybridized carbons (Fsp3) is 0.400. The average Bonchev–Trinajstić information content (AvgIpc) is 2.74. The number of benzene rings is 1. The van der Waals surface area contributed by atoms with Crippen molar-refractivity contribution in [2.24, 2.45) is 7.05 Å². The van der Waals surface area contributed by atoms with Gasteiger partial charge in [-0.15, -0.1) is 0 Å². The summed E-state index contributed by atoms with van der Waals surface area (Å²) in [4.78, 5) is 0. The summed E-state index contributed by atoms with van der Waals surface area (Å²) in [6.07, 6.45) is 0. The van der Waals surface area contributed by atoms with E-state index in [1.807, 2.05) is 25.2 Å². The number of nitrogen functional groups attached to an aromatic ring is 1. The van der Waals surface area contributed by atoms with Crippen LogP contribution in [0.3, 0.4) is 0 Å². The third-order valence-corrected chi connectivity index (χ3v) is 3.52. The molecular weight excluding hydrogens is 254 g/mol. The SMILES string of the molecule is CC(C)c1c(-c2ccc3c(c2)OCCO3)nn(C)c1N. The normalized spacial score (nSPS) is 13.8. The van der Waals surface area contributed by atoms with Crippen LogP contribution < -0.4 is 15.2 Å². The molecule has 0 atom stereocenters. The zero-order chi connectivity index (χ0) is 14.3. The maximum absolute atomic E-state index is 6.12. The second-order valence-corrected chi connectivity index (χ2v) is 5.28. The highest BCUT2D eigenvalue weighted by Gasteiger charge is 2.20. The summed E-state index contributed by atoms with van der Waals surface area (Å²) in [7, 11) is 1.86. The number of rotatable bonds is 2. The van der Waals surface area contributed by atoms with Crippen LogP contribution >= 0.6 is 0 Å². The number of anilines is 1. The zero-order valence-corrected chi connectivity index (χ0v) is 12.0. The number of fused-ring (bicyclic) bond motifs is 1. The van der Waals surface area contributed by atoms with E-state index < -0.39 is 0 Å². The number of hydrogen-bond donors (Lipinski definition) is 1. The van der Waals surface area contributed by atoms with Crippen molar-refractivity contribution in [3.05, 3.63) is 23.8 Å². The van der Waals surface area contributed by atoms with E-state index in [0.29, 0.717) is 24.9 Å². The summed E-state index contributed by atoms with van der Waals surface area (Å²) in [6, 6.07) is 5.90. The highest BCUT2D eigenvalue weighted by Crippen LogP contribution is 2.38. The lowest BCUT2D eigenvalue weighted by atomic mass is 9.98. The van der Waals surface area contributed by atoms with Crippen molar-refractivity contribution in [2.75, 3.05) is 18.9 Å². The third-order valence-electron chi connectivity index (χ3n) is 3.52. The summed E-state index contributed by atoms with van der Waals surface area (Å²) in [5.41, 5.74) is 9.12. The van der Waals surface area contributed by atoms with Crippen molar-refractivity contribution in [2.45, 2.75) is 19.8 Å². The van der Waals surface area contributed by atoms with E-state index in [1.54, 1.807) is 4.68 Å². The lowest BCUT2D eigenvalue weighted by molar-refractivity contribution is 0.171. The predicted octanol–water partition coefficient (Wildman–Crippen LogP) is 2.56. The molecule has 0 aliphatic carbocycles. The molecule has 20 heavy (non-hydrogen) atoms. The van der Waals surface area contributed by atoms with Gasteiger partial charge in [0, 0.05) is 18.2 Å². The molecule has 1 aliphatic heterocycles. The number of hydrogen-bond acceptors (Lipinski definition) is 4. The topological polar surface area (TPSA) is 62.3 Å².